The van der Waals surface area contributed by atoms with E-state index in [1.807, 2.05) is 0 Å². The van der Waals surface area contributed by atoms with Crippen LogP contribution < -0.4 is 10.5 Å². The van der Waals surface area contributed by atoms with Crippen LogP contribution in [0.2, 0.25) is 5.02 Å². The lowest BCUT2D eigenvalue weighted by Crippen LogP contribution is -2.28. The third-order valence-corrected chi connectivity index (χ3v) is 5.14. The van der Waals surface area contributed by atoms with Crippen LogP contribution in [-0.2, 0) is 19.5 Å². The highest BCUT2D eigenvalue weighted by Crippen LogP contribution is 2.31. The van der Waals surface area contributed by atoms with E-state index in [0.29, 0.717) is 13.2 Å². The number of benzene rings is 1. The highest BCUT2D eigenvalue weighted by Gasteiger charge is 2.19. The van der Waals surface area contributed by atoms with Crippen LogP contribution in [0.15, 0.2) is 21.5 Å². The Labute approximate surface area is 131 Å². The van der Waals surface area contributed by atoms with Crippen molar-refractivity contribution in [3.8, 4) is 0 Å². The average molecular weight is 388 g/mol. The smallest absolute Gasteiger partial charge is 0.241 e. The van der Waals surface area contributed by atoms with Gasteiger partial charge in [0.05, 0.1) is 29.2 Å². The van der Waals surface area contributed by atoms with Crippen LogP contribution in [0.25, 0.3) is 0 Å². The Bertz CT molecular complexity index is 554. The van der Waals surface area contributed by atoms with Gasteiger partial charge in [-0.15, -0.1) is 0 Å². The largest absolute Gasteiger partial charge is 0.398 e. The topological polar surface area (TPSA) is 90.6 Å². The number of sulfonamides is 1. The molecule has 3 N–H and O–H groups in total. The van der Waals surface area contributed by atoms with Crippen LogP contribution in [-0.4, -0.2) is 41.9 Å². The maximum atomic E-state index is 12.1. The third-order valence-electron chi connectivity index (χ3n) is 2.29. The molecule has 0 spiro atoms. The Morgan fingerprint density at radius 2 is 2.05 bits per heavy atom. The van der Waals surface area contributed by atoms with E-state index < -0.39 is 10.0 Å². The molecule has 0 fully saturated rings. The van der Waals surface area contributed by atoms with Gasteiger partial charge in [0.15, 0.2) is 0 Å². The molecule has 0 radical (unpaired) electrons. The Hall–Kier alpha value is -0.380. The summed E-state index contributed by atoms with van der Waals surface area (Å²) in [6.45, 7) is 1.26. The number of rotatable bonds is 8. The molecule has 0 saturated heterocycles. The third kappa shape index (κ3) is 5.19. The second-order valence-corrected chi connectivity index (χ2v) is 6.77. The van der Waals surface area contributed by atoms with Gasteiger partial charge in [-0.25, -0.2) is 13.1 Å². The van der Waals surface area contributed by atoms with Crippen LogP contribution >= 0.6 is 27.5 Å². The Morgan fingerprint density at radius 1 is 1.35 bits per heavy atom. The molecule has 0 atom stereocenters. The van der Waals surface area contributed by atoms with Gasteiger partial charge in [-0.2, -0.15) is 0 Å². The normalized spacial score (nSPS) is 11.8. The number of hydrogen-bond donors (Lipinski definition) is 2. The average Bonchev–Trinajstić information content (AvgIpc) is 2.37. The molecule has 0 aromatic heterocycles. The molecule has 114 valence electrons. The van der Waals surface area contributed by atoms with Crippen LogP contribution in [0, 0.1) is 0 Å². The fourth-order valence-electron chi connectivity index (χ4n) is 1.35. The van der Waals surface area contributed by atoms with Crippen molar-refractivity contribution in [2.45, 2.75) is 4.90 Å². The minimum Gasteiger partial charge on any atom is -0.398 e. The molecule has 9 heteroatoms. The summed E-state index contributed by atoms with van der Waals surface area (Å²) in [5.41, 5.74) is 5.92. The molecule has 0 bridgehead atoms. The minimum atomic E-state index is -3.70. The van der Waals surface area contributed by atoms with E-state index in [2.05, 4.69) is 20.7 Å². The van der Waals surface area contributed by atoms with Crippen molar-refractivity contribution in [2.75, 3.05) is 39.2 Å². The summed E-state index contributed by atoms with van der Waals surface area (Å²) >= 11 is 8.96. The van der Waals surface area contributed by atoms with Crippen molar-refractivity contribution in [1.82, 2.24) is 4.72 Å². The van der Waals surface area contributed by atoms with Gasteiger partial charge < -0.3 is 15.2 Å². The molecule has 6 nitrogen and oxygen atoms in total. The first-order chi connectivity index (χ1) is 9.38. The highest BCUT2D eigenvalue weighted by molar-refractivity contribution is 9.10. The molecule has 1 aromatic rings. The molecule has 0 heterocycles. The van der Waals surface area contributed by atoms with Crippen molar-refractivity contribution in [2.24, 2.45) is 0 Å². The minimum absolute atomic E-state index is 0.000563. The summed E-state index contributed by atoms with van der Waals surface area (Å²) in [6, 6.07) is 2.80. The summed E-state index contributed by atoms with van der Waals surface area (Å²) in [6.07, 6.45) is 0. The van der Waals surface area contributed by atoms with Crippen LogP contribution in [0.3, 0.4) is 0 Å². The van der Waals surface area contributed by atoms with Crippen LogP contribution in [0.4, 0.5) is 5.69 Å². The van der Waals surface area contributed by atoms with Crippen molar-refractivity contribution >= 4 is 43.2 Å². The van der Waals surface area contributed by atoms with Crippen LogP contribution in [0.5, 0.6) is 0 Å². The van der Waals surface area contributed by atoms with Crippen molar-refractivity contribution in [3.05, 3.63) is 21.6 Å². The van der Waals surface area contributed by atoms with Crippen molar-refractivity contribution in [1.29, 1.82) is 0 Å². The predicted octanol–water partition coefficient (Wildman–Crippen LogP) is 1.63. The molecule has 0 aliphatic heterocycles. The quantitative estimate of drug-likeness (QED) is 0.522. The van der Waals surface area contributed by atoms with Gasteiger partial charge in [-0.05, 0) is 28.1 Å². The van der Waals surface area contributed by atoms with Gasteiger partial charge in [-0.1, -0.05) is 11.6 Å². The second kappa shape index (κ2) is 8.16. The maximum Gasteiger partial charge on any atom is 0.241 e. The number of nitrogen functional groups attached to an aromatic ring is 1. The summed E-state index contributed by atoms with van der Waals surface area (Å²) in [4.78, 5) is -0.000563. The summed E-state index contributed by atoms with van der Waals surface area (Å²) in [5.74, 6) is 0. The number of ether oxygens (including phenoxy) is 2. The zero-order valence-corrected chi connectivity index (χ0v) is 14.0. The van der Waals surface area contributed by atoms with Gasteiger partial charge in [0.25, 0.3) is 0 Å². The van der Waals surface area contributed by atoms with E-state index in [4.69, 9.17) is 26.8 Å². The first kappa shape index (κ1) is 17.7. The number of methoxy groups -OCH3 is 1. The monoisotopic (exact) mass is 386 g/mol. The maximum absolute atomic E-state index is 12.1. The number of nitrogens with two attached hydrogens (primary N) is 1. The Kier molecular flexibility index (Phi) is 7.21. The molecular weight excluding hydrogens is 372 g/mol. The molecule has 0 saturated carbocycles. The molecule has 0 unspecified atom stereocenters. The zero-order valence-electron chi connectivity index (χ0n) is 10.9. The van der Waals surface area contributed by atoms with Gasteiger partial charge in [0, 0.05) is 24.4 Å². The molecule has 1 rings (SSSR count). The van der Waals surface area contributed by atoms with Gasteiger partial charge in [0.2, 0.25) is 10.0 Å². The van der Waals surface area contributed by atoms with E-state index in [0.717, 1.165) is 0 Å². The lowest BCUT2D eigenvalue weighted by Gasteiger charge is -2.11. The SMILES string of the molecule is COCCOCCNS(=O)(=O)c1cc(Cl)cc(N)c1Br. The fourth-order valence-corrected chi connectivity index (χ4v) is 3.65. The standard InChI is InChI=1S/C11H16BrClN2O4S/c1-18-4-5-19-3-2-15-20(16,17)10-7-8(13)6-9(14)11(10)12/h6-7,15H,2-5,14H2,1H3. The Morgan fingerprint density at radius 3 is 2.70 bits per heavy atom. The molecule has 1 aromatic carbocycles. The summed E-state index contributed by atoms with van der Waals surface area (Å²) in [7, 11) is -2.14. The van der Waals surface area contributed by atoms with E-state index in [-0.39, 0.29) is 33.2 Å². The number of anilines is 1. The van der Waals surface area contributed by atoms with E-state index in [1.54, 1.807) is 7.11 Å². The fraction of sp³-hybridized carbons (Fsp3) is 0.455. The highest BCUT2D eigenvalue weighted by atomic mass is 79.9. The summed E-state index contributed by atoms with van der Waals surface area (Å²) in [5, 5.41) is 0.252. The summed E-state index contributed by atoms with van der Waals surface area (Å²) < 4.78 is 36.9. The molecule has 0 amide bonds. The van der Waals surface area contributed by atoms with E-state index in [1.165, 1.54) is 12.1 Å². The molecule has 20 heavy (non-hydrogen) atoms. The molecule has 0 aliphatic rings. The van der Waals surface area contributed by atoms with Crippen molar-refractivity contribution in [3.63, 3.8) is 0 Å². The Balaban J connectivity index is 2.65. The zero-order chi connectivity index (χ0) is 15.2. The van der Waals surface area contributed by atoms with Crippen molar-refractivity contribution < 1.29 is 17.9 Å². The first-order valence-electron chi connectivity index (χ1n) is 5.69. The van der Waals surface area contributed by atoms with Gasteiger partial charge >= 0.3 is 0 Å². The van der Waals surface area contributed by atoms with Gasteiger partial charge in [-0.3, -0.25) is 0 Å². The lowest BCUT2D eigenvalue weighted by molar-refractivity contribution is 0.0736. The first-order valence-corrected chi connectivity index (χ1v) is 8.34. The number of nitrogens with one attached hydrogen (secondary N) is 1. The van der Waals surface area contributed by atoms with E-state index in [9.17, 15) is 8.42 Å². The van der Waals surface area contributed by atoms with Crippen LogP contribution in [0.1, 0.15) is 0 Å². The lowest BCUT2D eigenvalue weighted by atomic mass is 10.3. The number of hydrogen-bond acceptors (Lipinski definition) is 5. The second-order valence-electron chi connectivity index (χ2n) is 3.81. The van der Waals surface area contributed by atoms with E-state index >= 15 is 0 Å². The molecular formula is C11H16BrClN2O4S. The number of halogens is 2. The molecule has 0 aliphatic carbocycles. The van der Waals surface area contributed by atoms with Gasteiger partial charge in [0.1, 0.15) is 0 Å². The predicted molar refractivity (Wildman–Crippen MR) is 81.4 cm³/mol.